The maximum atomic E-state index is 10.7. The van der Waals surface area contributed by atoms with Crippen LogP contribution in [-0.4, -0.2) is 71.4 Å². The van der Waals surface area contributed by atoms with Gasteiger partial charge in [-0.1, -0.05) is 20.8 Å². The molecular formula is C20H27N7O5. The van der Waals surface area contributed by atoms with Crippen molar-refractivity contribution in [2.75, 3.05) is 18.5 Å². The number of nitrogens with zero attached hydrogens (tertiary/aromatic N) is 6. The molecule has 0 aromatic carbocycles. The highest BCUT2D eigenvalue weighted by molar-refractivity contribution is 5.82. The number of aliphatic hydroxyl groups excluding tert-OH is 2. The van der Waals surface area contributed by atoms with Gasteiger partial charge in [0.2, 0.25) is 11.8 Å². The average Bonchev–Trinajstić information content (AvgIpc) is 3.48. The standard InChI is InChI=1S/C20H27N7O5/c1-20(2,3)19-26-25-17(32-19)14-12(28)13(29)18(31-14)27-9-23-11-15(21-8-22-16(11)27)24-10-4-6-30-7-5-10/h8-10,12-14,18,28-29H,4-7H2,1-3H3,(H,21,22,24)/t12-,13+,14-,18+/m0/s1. The SMILES string of the molecule is CC(C)(C)c1nnc([C@H]2O[C@@H](n3cnc4c(NC5CCOCC5)ncnc43)[C@H](O)[C@@H]2O)o1. The number of hydrogen-bond donors (Lipinski definition) is 3. The summed E-state index contributed by atoms with van der Waals surface area (Å²) in [7, 11) is 0. The first kappa shape index (κ1) is 21.2. The van der Waals surface area contributed by atoms with E-state index in [1.807, 2.05) is 20.8 Å². The van der Waals surface area contributed by atoms with Gasteiger partial charge in [-0.25, -0.2) is 15.0 Å². The second kappa shape index (κ2) is 8.03. The van der Waals surface area contributed by atoms with Crippen LogP contribution in [0.1, 0.15) is 57.7 Å². The molecule has 32 heavy (non-hydrogen) atoms. The van der Waals surface area contributed by atoms with Gasteiger partial charge in [0, 0.05) is 24.7 Å². The molecule has 5 heterocycles. The summed E-state index contributed by atoms with van der Waals surface area (Å²) in [6.07, 6.45) is 0.304. The van der Waals surface area contributed by atoms with Crippen LogP contribution in [0.2, 0.25) is 0 Å². The summed E-state index contributed by atoms with van der Waals surface area (Å²) < 4.78 is 18.7. The molecule has 3 N–H and O–H groups in total. The molecule has 0 bridgehead atoms. The lowest BCUT2D eigenvalue weighted by Gasteiger charge is -2.23. The minimum absolute atomic E-state index is 0.116. The molecule has 0 aliphatic carbocycles. The number of aliphatic hydroxyl groups is 2. The van der Waals surface area contributed by atoms with Crippen LogP contribution in [-0.2, 0) is 14.9 Å². The molecule has 12 heteroatoms. The van der Waals surface area contributed by atoms with E-state index in [0.29, 0.717) is 36.1 Å². The highest BCUT2D eigenvalue weighted by atomic mass is 16.6. The topological polar surface area (TPSA) is 153 Å². The molecule has 2 fully saturated rings. The molecule has 2 aliphatic heterocycles. The molecule has 3 aromatic heterocycles. The Labute approximate surface area is 184 Å². The van der Waals surface area contributed by atoms with Gasteiger partial charge in [-0.05, 0) is 12.8 Å². The van der Waals surface area contributed by atoms with Gasteiger partial charge in [-0.2, -0.15) is 0 Å². The number of anilines is 1. The lowest BCUT2D eigenvalue weighted by molar-refractivity contribution is -0.0441. The van der Waals surface area contributed by atoms with Gasteiger partial charge in [0.1, 0.15) is 18.5 Å². The highest BCUT2D eigenvalue weighted by Gasteiger charge is 2.48. The predicted octanol–water partition coefficient (Wildman–Crippen LogP) is 1.09. The molecule has 2 aliphatic rings. The fourth-order valence-electron chi connectivity index (χ4n) is 3.93. The predicted molar refractivity (Wildman–Crippen MR) is 111 cm³/mol. The van der Waals surface area contributed by atoms with Crippen LogP contribution in [0.3, 0.4) is 0 Å². The summed E-state index contributed by atoms with van der Waals surface area (Å²) in [6.45, 7) is 7.23. The van der Waals surface area contributed by atoms with Crippen LogP contribution in [0.15, 0.2) is 17.1 Å². The lowest BCUT2D eigenvalue weighted by Crippen LogP contribution is -2.29. The Bertz CT molecular complexity index is 1090. The third-order valence-corrected chi connectivity index (χ3v) is 5.76. The van der Waals surface area contributed by atoms with E-state index < -0.39 is 24.5 Å². The summed E-state index contributed by atoms with van der Waals surface area (Å²) >= 11 is 0. The summed E-state index contributed by atoms with van der Waals surface area (Å²) in [6, 6.07) is 0.237. The molecular weight excluding hydrogens is 418 g/mol. The number of fused-ring (bicyclic) bond motifs is 1. The molecule has 172 valence electrons. The number of ether oxygens (including phenoxy) is 2. The molecule has 0 saturated carbocycles. The van der Waals surface area contributed by atoms with E-state index in [-0.39, 0.29) is 17.3 Å². The van der Waals surface area contributed by atoms with Crippen LogP contribution in [0.5, 0.6) is 0 Å². The van der Waals surface area contributed by atoms with E-state index in [1.54, 1.807) is 4.57 Å². The average molecular weight is 445 g/mol. The van der Waals surface area contributed by atoms with Crippen molar-refractivity contribution < 1.29 is 24.1 Å². The van der Waals surface area contributed by atoms with Crippen molar-refractivity contribution in [2.24, 2.45) is 0 Å². The van der Waals surface area contributed by atoms with E-state index in [1.165, 1.54) is 12.7 Å². The quantitative estimate of drug-likeness (QED) is 0.529. The van der Waals surface area contributed by atoms with Crippen molar-refractivity contribution in [3.63, 3.8) is 0 Å². The van der Waals surface area contributed by atoms with Crippen molar-refractivity contribution in [2.45, 2.75) is 69.6 Å². The molecule has 5 rings (SSSR count). The Kier molecular flexibility index (Phi) is 5.32. The first-order valence-corrected chi connectivity index (χ1v) is 10.7. The minimum atomic E-state index is -1.26. The zero-order chi connectivity index (χ0) is 22.5. The van der Waals surface area contributed by atoms with Gasteiger partial charge in [-0.15, -0.1) is 10.2 Å². The Morgan fingerprint density at radius 1 is 1.06 bits per heavy atom. The van der Waals surface area contributed by atoms with Crippen molar-refractivity contribution in [3.05, 3.63) is 24.4 Å². The number of rotatable bonds is 4. The molecule has 0 amide bonds. The van der Waals surface area contributed by atoms with Crippen LogP contribution in [0.25, 0.3) is 11.2 Å². The van der Waals surface area contributed by atoms with E-state index in [0.717, 1.165) is 12.8 Å². The summed E-state index contributed by atoms with van der Waals surface area (Å²) in [5.41, 5.74) is 0.686. The van der Waals surface area contributed by atoms with Crippen LogP contribution in [0, 0.1) is 0 Å². The number of hydrogen-bond acceptors (Lipinski definition) is 11. The fraction of sp³-hybridized carbons (Fsp3) is 0.650. The van der Waals surface area contributed by atoms with Crippen molar-refractivity contribution in [1.29, 1.82) is 0 Å². The first-order chi connectivity index (χ1) is 15.3. The van der Waals surface area contributed by atoms with Crippen LogP contribution >= 0.6 is 0 Å². The smallest absolute Gasteiger partial charge is 0.248 e. The molecule has 3 aromatic rings. The van der Waals surface area contributed by atoms with Gasteiger partial charge in [0.05, 0.1) is 6.33 Å². The maximum Gasteiger partial charge on any atom is 0.248 e. The summed E-state index contributed by atoms with van der Waals surface area (Å²) in [5, 5.41) is 32.9. The van der Waals surface area contributed by atoms with Crippen molar-refractivity contribution >= 4 is 17.0 Å². The van der Waals surface area contributed by atoms with Crippen molar-refractivity contribution in [1.82, 2.24) is 29.7 Å². The van der Waals surface area contributed by atoms with Gasteiger partial charge >= 0.3 is 0 Å². The molecule has 2 saturated heterocycles. The Morgan fingerprint density at radius 3 is 2.56 bits per heavy atom. The Balaban J connectivity index is 1.41. The van der Waals surface area contributed by atoms with Gasteiger partial charge in [0.15, 0.2) is 29.3 Å². The van der Waals surface area contributed by atoms with E-state index in [9.17, 15) is 10.2 Å². The third-order valence-electron chi connectivity index (χ3n) is 5.76. The van der Waals surface area contributed by atoms with E-state index in [2.05, 4.69) is 30.5 Å². The second-order valence-corrected chi connectivity index (χ2v) is 9.20. The molecule has 0 spiro atoms. The molecule has 4 atom stereocenters. The van der Waals surface area contributed by atoms with E-state index in [4.69, 9.17) is 13.9 Å². The van der Waals surface area contributed by atoms with Gasteiger partial charge in [0.25, 0.3) is 0 Å². The minimum Gasteiger partial charge on any atom is -0.422 e. The first-order valence-electron chi connectivity index (χ1n) is 10.7. The molecule has 0 unspecified atom stereocenters. The number of nitrogens with one attached hydrogen (secondary N) is 1. The summed E-state index contributed by atoms with van der Waals surface area (Å²) in [5.74, 6) is 1.15. The van der Waals surface area contributed by atoms with Gasteiger partial charge in [-0.3, -0.25) is 4.57 Å². The van der Waals surface area contributed by atoms with Crippen molar-refractivity contribution in [3.8, 4) is 0 Å². The molecule has 12 nitrogen and oxygen atoms in total. The monoisotopic (exact) mass is 445 g/mol. The molecule has 0 radical (unpaired) electrons. The van der Waals surface area contributed by atoms with Gasteiger partial charge < -0.3 is 29.4 Å². The summed E-state index contributed by atoms with van der Waals surface area (Å²) in [4.78, 5) is 13.1. The third kappa shape index (κ3) is 3.72. The fourth-order valence-corrected chi connectivity index (χ4v) is 3.93. The zero-order valence-corrected chi connectivity index (χ0v) is 18.2. The normalized spacial score (nSPS) is 27.3. The second-order valence-electron chi connectivity index (χ2n) is 9.20. The number of aromatic nitrogens is 6. The van der Waals surface area contributed by atoms with Crippen LogP contribution in [0.4, 0.5) is 5.82 Å². The maximum absolute atomic E-state index is 10.7. The zero-order valence-electron chi connectivity index (χ0n) is 18.2. The Hall–Kier alpha value is -2.67. The number of imidazole rings is 1. The highest BCUT2D eigenvalue weighted by Crippen LogP contribution is 2.40. The van der Waals surface area contributed by atoms with Crippen LogP contribution < -0.4 is 5.32 Å². The largest absolute Gasteiger partial charge is 0.422 e. The van der Waals surface area contributed by atoms with E-state index >= 15 is 0 Å². The lowest BCUT2D eigenvalue weighted by atomic mass is 9.97. The Morgan fingerprint density at radius 2 is 1.84 bits per heavy atom.